The number of hydrogen-bond donors (Lipinski definition) is 2. The lowest BCUT2D eigenvalue weighted by atomic mass is 10.2. The summed E-state index contributed by atoms with van der Waals surface area (Å²) in [7, 11) is 3.79. The van der Waals surface area contributed by atoms with Gasteiger partial charge in [-0.05, 0) is 18.4 Å². The summed E-state index contributed by atoms with van der Waals surface area (Å²) in [6, 6.07) is 9.23. The lowest BCUT2D eigenvalue weighted by Crippen LogP contribution is -2.20. The number of pyridine rings is 1. The van der Waals surface area contributed by atoms with Crippen molar-refractivity contribution in [2.75, 3.05) is 36.3 Å². The zero-order chi connectivity index (χ0) is 15.4. The number of carbonyl (C=O) groups is 1. The van der Waals surface area contributed by atoms with E-state index in [9.17, 15) is 4.79 Å². The second-order valence-corrected chi connectivity index (χ2v) is 5.50. The van der Waals surface area contributed by atoms with E-state index in [2.05, 4.69) is 10.3 Å². The summed E-state index contributed by atoms with van der Waals surface area (Å²) in [5.74, 6) is -0.311. The van der Waals surface area contributed by atoms with Gasteiger partial charge in [-0.2, -0.15) is 0 Å². The molecule has 1 aromatic carbocycles. The fraction of sp³-hybridized carbons (Fsp3) is 0.200. The molecule has 1 aromatic heterocycles. The van der Waals surface area contributed by atoms with Crippen LogP contribution in [0.2, 0.25) is 0 Å². The molecule has 0 bridgehead atoms. The van der Waals surface area contributed by atoms with Crippen molar-refractivity contribution in [1.82, 2.24) is 4.98 Å². The number of para-hydroxylation sites is 1. The van der Waals surface area contributed by atoms with Crippen LogP contribution in [0.3, 0.4) is 0 Å². The van der Waals surface area contributed by atoms with Gasteiger partial charge in [-0.15, -0.1) is 11.8 Å². The number of nitrogen functional groups attached to an aromatic ring is 1. The number of carbonyl (C=O) groups excluding carboxylic acids is 1. The molecule has 0 saturated carbocycles. The Balaban J connectivity index is 2.36. The summed E-state index contributed by atoms with van der Waals surface area (Å²) in [6.45, 7) is 0. The first-order chi connectivity index (χ1) is 10.0. The Bertz CT molecular complexity index is 644. The molecule has 0 unspecified atom stereocenters. The van der Waals surface area contributed by atoms with E-state index in [1.807, 2.05) is 55.6 Å². The predicted molar refractivity (Wildman–Crippen MR) is 89.2 cm³/mol. The Labute approximate surface area is 128 Å². The third-order valence-corrected chi connectivity index (χ3v) is 3.71. The molecule has 0 aliphatic rings. The molecular weight excluding hydrogens is 284 g/mol. The van der Waals surface area contributed by atoms with Gasteiger partial charge in [0.05, 0.1) is 16.3 Å². The van der Waals surface area contributed by atoms with Crippen LogP contribution in [-0.4, -0.2) is 31.2 Å². The molecule has 1 heterocycles. The Morgan fingerprint density at radius 3 is 2.52 bits per heavy atom. The number of rotatable bonds is 4. The van der Waals surface area contributed by atoms with Crippen molar-refractivity contribution in [3.05, 3.63) is 42.2 Å². The lowest BCUT2D eigenvalue weighted by molar-refractivity contribution is 0.102. The van der Waals surface area contributed by atoms with Crippen LogP contribution in [0.5, 0.6) is 0 Å². The summed E-state index contributed by atoms with van der Waals surface area (Å²) in [5.41, 5.74) is 8.29. The first-order valence-electron chi connectivity index (χ1n) is 6.40. The molecule has 0 saturated heterocycles. The van der Waals surface area contributed by atoms with Crippen LogP contribution in [-0.2, 0) is 0 Å². The van der Waals surface area contributed by atoms with Gasteiger partial charge >= 0.3 is 0 Å². The van der Waals surface area contributed by atoms with Crippen molar-refractivity contribution in [1.29, 1.82) is 0 Å². The van der Waals surface area contributed by atoms with Crippen molar-refractivity contribution < 1.29 is 4.79 Å². The molecule has 0 radical (unpaired) electrons. The highest BCUT2D eigenvalue weighted by atomic mass is 32.2. The van der Waals surface area contributed by atoms with Crippen LogP contribution in [0.4, 0.5) is 17.1 Å². The number of thioether (sulfide) groups is 1. The number of nitrogens with zero attached hydrogens (tertiary/aromatic N) is 2. The molecule has 0 atom stereocenters. The third-order valence-electron chi connectivity index (χ3n) is 2.97. The van der Waals surface area contributed by atoms with E-state index in [4.69, 9.17) is 5.73 Å². The fourth-order valence-electron chi connectivity index (χ4n) is 2.00. The standard InChI is InChI=1S/C15H18N4OS/c1-19(2)14-11(21-3)9-17-13(12(14)16)15(20)18-10-7-5-4-6-8-10/h4-9H,16H2,1-3H3,(H,18,20). The minimum absolute atomic E-state index is 0.236. The van der Waals surface area contributed by atoms with E-state index in [1.54, 1.807) is 18.0 Å². The highest BCUT2D eigenvalue weighted by molar-refractivity contribution is 7.98. The SMILES string of the molecule is CSc1cnc(C(=O)Nc2ccccc2)c(N)c1N(C)C. The van der Waals surface area contributed by atoms with Gasteiger partial charge in [0.15, 0.2) is 5.69 Å². The first kappa shape index (κ1) is 15.2. The Hall–Kier alpha value is -2.21. The minimum atomic E-state index is -0.311. The Morgan fingerprint density at radius 2 is 1.95 bits per heavy atom. The molecule has 0 spiro atoms. The van der Waals surface area contributed by atoms with Crippen molar-refractivity contribution >= 4 is 34.7 Å². The normalized spacial score (nSPS) is 10.2. The van der Waals surface area contributed by atoms with Crippen molar-refractivity contribution in [2.24, 2.45) is 0 Å². The van der Waals surface area contributed by atoms with E-state index >= 15 is 0 Å². The van der Waals surface area contributed by atoms with E-state index in [1.165, 1.54) is 0 Å². The van der Waals surface area contributed by atoms with Gasteiger partial charge in [0.25, 0.3) is 5.91 Å². The lowest BCUT2D eigenvalue weighted by Gasteiger charge is -2.20. The van der Waals surface area contributed by atoms with Crippen molar-refractivity contribution in [3.8, 4) is 0 Å². The number of anilines is 3. The number of amides is 1. The predicted octanol–water partition coefficient (Wildman–Crippen LogP) is 2.70. The molecule has 5 nitrogen and oxygen atoms in total. The van der Waals surface area contributed by atoms with Gasteiger partial charge in [-0.25, -0.2) is 4.98 Å². The van der Waals surface area contributed by atoms with Crippen LogP contribution >= 0.6 is 11.8 Å². The maximum atomic E-state index is 12.3. The second-order valence-electron chi connectivity index (χ2n) is 4.65. The van der Waals surface area contributed by atoms with Gasteiger partial charge in [0.2, 0.25) is 0 Å². The molecular formula is C15H18N4OS. The van der Waals surface area contributed by atoms with Crippen molar-refractivity contribution in [2.45, 2.75) is 4.90 Å². The summed E-state index contributed by atoms with van der Waals surface area (Å²) < 4.78 is 0. The van der Waals surface area contributed by atoms with E-state index in [0.29, 0.717) is 11.4 Å². The quantitative estimate of drug-likeness (QED) is 0.850. The van der Waals surface area contributed by atoms with E-state index < -0.39 is 0 Å². The second kappa shape index (κ2) is 6.49. The molecule has 110 valence electrons. The molecule has 3 N–H and O–H groups in total. The monoisotopic (exact) mass is 302 g/mol. The van der Waals surface area contributed by atoms with Crippen LogP contribution in [0.15, 0.2) is 41.4 Å². The fourth-order valence-corrected chi connectivity index (χ4v) is 2.65. The topological polar surface area (TPSA) is 71.2 Å². The smallest absolute Gasteiger partial charge is 0.276 e. The molecule has 0 fully saturated rings. The molecule has 1 amide bonds. The number of hydrogen-bond acceptors (Lipinski definition) is 5. The highest BCUT2D eigenvalue weighted by Gasteiger charge is 2.18. The zero-order valence-electron chi connectivity index (χ0n) is 12.3. The van der Waals surface area contributed by atoms with Gasteiger partial charge in [0, 0.05) is 26.0 Å². The molecule has 6 heteroatoms. The molecule has 0 aliphatic carbocycles. The summed E-state index contributed by atoms with van der Waals surface area (Å²) in [4.78, 5) is 19.4. The minimum Gasteiger partial charge on any atom is -0.395 e. The van der Waals surface area contributed by atoms with Gasteiger partial charge in [-0.3, -0.25) is 4.79 Å². The van der Waals surface area contributed by atoms with Crippen molar-refractivity contribution in [3.63, 3.8) is 0 Å². The summed E-state index contributed by atoms with van der Waals surface area (Å²) >= 11 is 1.55. The average molecular weight is 302 g/mol. The molecule has 2 aromatic rings. The molecule has 2 rings (SSSR count). The number of nitrogens with one attached hydrogen (secondary N) is 1. The highest BCUT2D eigenvalue weighted by Crippen LogP contribution is 2.34. The number of benzene rings is 1. The molecule has 21 heavy (non-hydrogen) atoms. The third kappa shape index (κ3) is 3.28. The van der Waals surface area contributed by atoms with Crippen LogP contribution < -0.4 is 16.0 Å². The zero-order valence-corrected chi connectivity index (χ0v) is 13.1. The molecule has 0 aliphatic heterocycles. The maximum Gasteiger partial charge on any atom is 0.276 e. The van der Waals surface area contributed by atoms with Crippen LogP contribution in [0.25, 0.3) is 0 Å². The van der Waals surface area contributed by atoms with E-state index in [-0.39, 0.29) is 11.6 Å². The van der Waals surface area contributed by atoms with E-state index in [0.717, 1.165) is 10.6 Å². The number of aromatic nitrogens is 1. The average Bonchev–Trinajstić information content (AvgIpc) is 2.47. The van der Waals surface area contributed by atoms with Crippen LogP contribution in [0, 0.1) is 0 Å². The van der Waals surface area contributed by atoms with Gasteiger partial charge in [0.1, 0.15) is 0 Å². The van der Waals surface area contributed by atoms with Crippen LogP contribution in [0.1, 0.15) is 10.5 Å². The van der Waals surface area contributed by atoms with Gasteiger partial charge in [-0.1, -0.05) is 18.2 Å². The van der Waals surface area contributed by atoms with Gasteiger partial charge < -0.3 is 16.0 Å². The summed E-state index contributed by atoms with van der Waals surface area (Å²) in [5, 5.41) is 2.80. The first-order valence-corrected chi connectivity index (χ1v) is 7.63. The summed E-state index contributed by atoms with van der Waals surface area (Å²) in [6.07, 6.45) is 3.63. The number of nitrogens with two attached hydrogens (primary N) is 1. The Kier molecular flexibility index (Phi) is 4.70. The Morgan fingerprint density at radius 1 is 1.29 bits per heavy atom. The largest absolute Gasteiger partial charge is 0.395 e. The maximum absolute atomic E-state index is 12.3.